The standard InChI is InChI=1S/C9H18O3/c1-3-4-5-7(2)8(10)6-9(11)12/h7-8,10H,3-6H2,1-2H3,(H,11,12). The molecule has 0 aromatic heterocycles. The summed E-state index contributed by atoms with van der Waals surface area (Å²) in [5.41, 5.74) is 0. The molecule has 3 heteroatoms. The van der Waals surface area contributed by atoms with Gasteiger partial charge < -0.3 is 10.2 Å². The number of aliphatic hydroxyl groups excluding tert-OH is 1. The lowest BCUT2D eigenvalue weighted by atomic mass is 9.96. The van der Waals surface area contributed by atoms with Crippen molar-refractivity contribution in [3.8, 4) is 0 Å². The third kappa shape index (κ3) is 5.13. The molecular formula is C9H18O3. The van der Waals surface area contributed by atoms with E-state index in [0.717, 1.165) is 19.3 Å². The molecular weight excluding hydrogens is 156 g/mol. The fourth-order valence-electron chi connectivity index (χ4n) is 1.10. The summed E-state index contributed by atoms with van der Waals surface area (Å²) in [5.74, 6) is -0.827. The van der Waals surface area contributed by atoms with Gasteiger partial charge in [0, 0.05) is 0 Å². The van der Waals surface area contributed by atoms with Crippen molar-refractivity contribution in [1.29, 1.82) is 0 Å². The Morgan fingerprint density at radius 1 is 1.50 bits per heavy atom. The zero-order valence-electron chi connectivity index (χ0n) is 7.79. The normalized spacial score (nSPS) is 15.6. The van der Waals surface area contributed by atoms with E-state index in [1.165, 1.54) is 0 Å². The molecule has 2 atom stereocenters. The Balaban J connectivity index is 3.60. The minimum Gasteiger partial charge on any atom is -0.481 e. The van der Waals surface area contributed by atoms with E-state index in [0.29, 0.717) is 0 Å². The number of rotatable bonds is 6. The summed E-state index contributed by atoms with van der Waals surface area (Å²) < 4.78 is 0. The second kappa shape index (κ2) is 6.00. The van der Waals surface area contributed by atoms with Crippen molar-refractivity contribution in [3.05, 3.63) is 0 Å². The smallest absolute Gasteiger partial charge is 0.305 e. The highest BCUT2D eigenvalue weighted by molar-refractivity contribution is 5.67. The number of carboxylic acids is 1. The first-order valence-electron chi connectivity index (χ1n) is 4.47. The zero-order valence-corrected chi connectivity index (χ0v) is 7.79. The van der Waals surface area contributed by atoms with Crippen molar-refractivity contribution < 1.29 is 15.0 Å². The molecule has 0 fully saturated rings. The molecule has 2 N–H and O–H groups in total. The quantitative estimate of drug-likeness (QED) is 0.643. The van der Waals surface area contributed by atoms with Crippen molar-refractivity contribution in [2.75, 3.05) is 0 Å². The number of carbonyl (C=O) groups is 1. The number of unbranched alkanes of at least 4 members (excludes halogenated alkanes) is 1. The van der Waals surface area contributed by atoms with E-state index in [-0.39, 0.29) is 12.3 Å². The van der Waals surface area contributed by atoms with Crippen LogP contribution in [0.1, 0.15) is 39.5 Å². The molecule has 3 nitrogen and oxygen atoms in total. The Hall–Kier alpha value is -0.570. The van der Waals surface area contributed by atoms with E-state index >= 15 is 0 Å². The Kier molecular flexibility index (Phi) is 5.72. The van der Waals surface area contributed by atoms with Gasteiger partial charge in [-0.3, -0.25) is 4.79 Å². The zero-order chi connectivity index (χ0) is 9.56. The van der Waals surface area contributed by atoms with Gasteiger partial charge in [0.05, 0.1) is 12.5 Å². The van der Waals surface area contributed by atoms with E-state index in [4.69, 9.17) is 5.11 Å². The van der Waals surface area contributed by atoms with Crippen LogP contribution in [0.25, 0.3) is 0 Å². The van der Waals surface area contributed by atoms with Crippen molar-refractivity contribution in [2.24, 2.45) is 5.92 Å². The lowest BCUT2D eigenvalue weighted by molar-refractivity contribution is -0.139. The summed E-state index contributed by atoms with van der Waals surface area (Å²) in [6, 6.07) is 0. The predicted molar refractivity (Wildman–Crippen MR) is 46.9 cm³/mol. The molecule has 0 aliphatic heterocycles. The summed E-state index contributed by atoms with van der Waals surface area (Å²) in [6.45, 7) is 3.97. The molecule has 0 bridgehead atoms. The highest BCUT2D eigenvalue weighted by Gasteiger charge is 2.16. The minimum absolute atomic E-state index is 0.0982. The van der Waals surface area contributed by atoms with Crippen molar-refractivity contribution in [2.45, 2.75) is 45.6 Å². The first kappa shape index (κ1) is 11.4. The molecule has 2 unspecified atom stereocenters. The average Bonchev–Trinajstić information content (AvgIpc) is 1.98. The van der Waals surface area contributed by atoms with Gasteiger partial charge in [0.2, 0.25) is 0 Å². The van der Waals surface area contributed by atoms with Crippen LogP contribution in [-0.4, -0.2) is 22.3 Å². The molecule has 0 saturated heterocycles. The van der Waals surface area contributed by atoms with Gasteiger partial charge in [-0.25, -0.2) is 0 Å². The van der Waals surface area contributed by atoms with Crippen LogP contribution < -0.4 is 0 Å². The first-order chi connectivity index (χ1) is 5.57. The third-order valence-corrected chi connectivity index (χ3v) is 2.05. The maximum absolute atomic E-state index is 10.2. The molecule has 0 heterocycles. The van der Waals surface area contributed by atoms with Gasteiger partial charge in [-0.05, 0) is 12.3 Å². The van der Waals surface area contributed by atoms with E-state index in [9.17, 15) is 9.90 Å². The Morgan fingerprint density at radius 3 is 2.50 bits per heavy atom. The largest absolute Gasteiger partial charge is 0.481 e. The molecule has 0 aromatic rings. The number of hydrogen-bond donors (Lipinski definition) is 2. The molecule has 0 amide bonds. The number of hydrogen-bond acceptors (Lipinski definition) is 2. The molecule has 0 aromatic carbocycles. The van der Waals surface area contributed by atoms with Gasteiger partial charge in [-0.15, -0.1) is 0 Å². The highest BCUT2D eigenvalue weighted by atomic mass is 16.4. The van der Waals surface area contributed by atoms with Crippen LogP contribution in [0.3, 0.4) is 0 Å². The Bertz CT molecular complexity index is 134. The van der Waals surface area contributed by atoms with Crippen LogP contribution in [0, 0.1) is 5.92 Å². The summed E-state index contributed by atoms with van der Waals surface area (Å²) in [7, 11) is 0. The van der Waals surface area contributed by atoms with Gasteiger partial charge in [-0.2, -0.15) is 0 Å². The van der Waals surface area contributed by atoms with Gasteiger partial charge in [0.25, 0.3) is 0 Å². The lowest BCUT2D eigenvalue weighted by Crippen LogP contribution is -2.21. The monoisotopic (exact) mass is 174 g/mol. The van der Waals surface area contributed by atoms with Crippen LogP contribution in [-0.2, 0) is 4.79 Å². The van der Waals surface area contributed by atoms with Gasteiger partial charge >= 0.3 is 5.97 Å². The third-order valence-electron chi connectivity index (χ3n) is 2.05. The predicted octanol–water partition coefficient (Wildman–Crippen LogP) is 1.65. The van der Waals surface area contributed by atoms with Crippen molar-refractivity contribution in [3.63, 3.8) is 0 Å². The lowest BCUT2D eigenvalue weighted by Gasteiger charge is -2.16. The Labute approximate surface area is 73.4 Å². The van der Waals surface area contributed by atoms with Gasteiger partial charge in [-0.1, -0.05) is 26.7 Å². The highest BCUT2D eigenvalue weighted by Crippen LogP contribution is 2.14. The first-order valence-corrected chi connectivity index (χ1v) is 4.47. The van der Waals surface area contributed by atoms with Gasteiger partial charge in [0.15, 0.2) is 0 Å². The van der Waals surface area contributed by atoms with Crippen LogP contribution in [0.5, 0.6) is 0 Å². The summed E-state index contributed by atoms with van der Waals surface area (Å²) in [5, 5.41) is 17.7. The maximum atomic E-state index is 10.2. The fraction of sp³-hybridized carbons (Fsp3) is 0.889. The second-order valence-electron chi connectivity index (χ2n) is 3.28. The fourth-order valence-corrected chi connectivity index (χ4v) is 1.10. The minimum atomic E-state index is -0.925. The molecule has 0 rings (SSSR count). The van der Waals surface area contributed by atoms with Crippen LogP contribution >= 0.6 is 0 Å². The van der Waals surface area contributed by atoms with E-state index < -0.39 is 12.1 Å². The van der Waals surface area contributed by atoms with Crippen LogP contribution in [0.2, 0.25) is 0 Å². The molecule has 72 valence electrons. The Morgan fingerprint density at radius 2 is 2.08 bits per heavy atom. The molecule has 0 spiro atoms. The van der Waals surface area contributed by atoms with Crippen molar-refractivity contribution in [1.82, 2.24) is 0 Å². The SMILES string of the molecule is CCCCC(C)C(O)CC(=O)O. The average molecular weight is 174 g/mol. The number of carboxylic acid groups (broad SMARTS) is 1. The summed E-state index contributed by atoms with van der Waals surface area (Å²) >= 11 is 0. The van der Waals surface area contributed by atoms with E-state index in [1.54, 1.807) is 0 Å². The maximum Gasteiger partial charge on any atom is 0.305 e. The van der Waals surface area contributed by atoms with Gasteiger partial charge in [0.1, 0.15) is 0 Å². The molecule has 0 aliphatic carbocycles. The molecule has 0 saturated carbocycles. The van der Waals surface area contributed by atoms with E-state index in [1.807, 2.05) is 6.92 Å². The molecule has 0 radical (unpaired) electrons. The van der Waals surface area contributed by atoms with E-state index in [2.05, 4.69) is 6.92 Å². The van der Waals surface area contributed by atoms with Crippen molar-refractivity contribution >= 4 is 5.97 Å². The number of aliphatic hydroxyl groups is 1. The topological polar surface area (TPSA) is 57.5 Å². The second-order valence-corrected chi connectivity index (χ2v) is 3.28. The van der Waals surface area contributed by atoms with Crippen LogP contribution in [0.4, 0.5) is 0 Å². The number of aliphatic carboxylic acids is 1. The summed E-state index contributed by atoms with van der Waals surface area (Å²) in [4.78, 5) is 10.2. The molecule has 0 aliphatic rings. The summed E-state index contributed by atoms with van der Waals surface area (Å²) in [6.07, 6.45) is 2.23. The molecule has 12 heavy (non-hydrogen) atoms. The van der Waals surface area contributed by atoms with Crippen LogP contribution in [0.15, 0.2) is 0 Å².